The molecule has 0 spiro atoms. The smallest absolute Gasteiger partial charge is 0.258 e. The number of hydrogen-bond donors (Lipinski definition) is 1. The second-order valence-corrected chi connectivity index (χ2v) is 7.99. The summed E-state index contributed by atoms with van der Waals surface area (Å²) in [4.78, 5) is 16.9. The molecule has 1 saturated heterocycles. The van der Waals surface area contributed by atoms with Gasteiger partial charge in [0.1, 0.15) is 5.82 Å². The van der Waals surface area contributed by atoms with Crippen LogP contribution in [0.4, 0.5) is 5.82 Å². The fourth-order valence-corrected chi connectivity index (χ4v) is 4.63. The second kappa shape index (κ2) is 7.33. The summed E-state index contributed by atoms with van der Waals surface area (Å²) in [5, 5.41) is 2.68. The molecule has 1 N–H and O–H groups in total. The van der Waals surface area contributed by atoms with Crippen LogP contribution in [0, 0.1) is 6.92 Å². The summed E-state index contributed by atoms with van der Waals surface area (Å²) in [6.07, 6.45) is 2.73. The van der Waals surface area contributed by atoms with Gasteiger partial charge in [0.25, 0.3) is 5.91 Å². The van der Waals surface area contributed by atoms with E-state index in [1.54, 1.807) is 24.3 Å². The van der Waals surface area contributed by atoms with Crippen LogP contribution >= 0.6 is 0 Å². The zero-order chi connectivity index (χ0) is 17.9. The number of rotatable bonds is 4. The van der Waals surface area contributed by atoms with E-state index in [-0.39, 0.29) is 10.5 Å². The molecule has 1 aliphatic heterocycles. The van der Waals surface area contributed by atoms with E-state index < -0.39 is 15.9 Å². The first-order chi connectivity index (χ1) is 12.0. The summed E-state index contributed by atoms with van der Waals surface area (Å²) in [7, 11) is -3.69. The van der Waals surface area contributed by atoms with Gasteiger partial charge in [-0.3, -0.25) is 4.79 Å². The van der Waals surface area contributed by atoms with Gasteiger partial charge in [-0.05, 0) is 44.0 Å². The lowest BCUT2D eigenvalue weighted by Crippen LogP contribution is -2.36. The third-order valence-corrected chi connectivity index (χ3v) is 6.15. The molecule has 0 bridgehead atoms. The predicted octanol–water partition coefficient (Wildman–Crippen LogP) is 2.82. The third kappa shape index (κ3) is 3.88. The average molecular weight is 359 g/mol. The average Bonchev–Trinajstić information content (AvgIpc) is 2.62. The molecule has 25 heavy (non-hydrogen) atoms. The van der Waals surface area contributed by atoms with Crippen LogP contribution in [-0.4, -0.2) is 36.7 Å². The number of piperidine rings is 1. The van der Waals surface area contributed by atoms with E-state index in [1.165, 1.54) is 16.4 Å². The van der Waals surface area contributed by atoms with Crippen LogP contribution < -0.4 is 5.32 Å². The number of carbonyl (C=O) groups excluding carboxylic acids is 1. The first kappa shape index (κ1) is 17.6. The van der Waals surface area contributed by atoms with Crippen LogP contribution in [0.15, 0.2) is 47.4 Å². The Morgan fingerprint density at radius 2 is 1.76 bits per heavy atom. The van der Waals surface area contributed by atoms with Crippen molar-refractivity contribution in [2.24, 2.45) is 0 Å². The number of pyridine rings is 1. The summed E-state index contributed by atoms with van der Waals surface area (Å²) >= 11 is 0. The minimum absolute atomic E-state index is 0.0436. The molecule has 1 aromatic heterocycles. The van der Waals surface area contributed by atoms with Crippen molar-refractivity contribution < 1.29 is 13.2 Å². The normalized spacial score (nSPS) is 15.7. The highest BCUT2D eigenvalue weighted by molar-refractivity contribution is 7.89. The summed E-state index contributed by atoms with van der Waals surface area (Å²) < 4.78 is 27.4. The Kier molecular flexibility index (Phi) is 5.15. The Labute approximate surface area is 147 Å². The number of anilines is 1. The lowest BCUT2D eigenvalue weighted by Gasteiger charge is -2.26. The fourth-order valence-electron chi connectivity index (χ4n) is 2.92. The topological polar surface area (TPSA) is 79.4 Å². The number of nitrogens with one attached hydrogen (secondary N) is 1. The van der Waals surface area contributed by atoms with Crippen LogP contribution in [0.1, 0.15) is 35.3 Å². The van der Waals surface area contributed by atoms with Crippen LogP contribution in [0.2, 0.25) is 0 Å². The van der Waals surface area contributed by atoms with E-state index >= 15 is 0 Å². The van der Waals surface area contributed by atoms with E-state index in [9.17, 15) is 13.2 Å². The third-order valence-electron chi connectivity index (χ3n) is 4.19. The van der Waals surface area contributed by atoms with Gasteiger partial charge in [0.05, 0.1) is 10.5 Å². The molecule has 1 aromatic carbocycles. The lowest BCUT2D eigenvalue weighted by molar-refractivity contribution is 0.102. The largest absolute Gasteiger partial charge is 0.307 e. The maximum absolute atomic E-state index is 12.9. The molecule has 1 fully saturated rings. The molecule has 7 heteroatoms. The second-order valence-electron chi connectivity index (χ2n) is 6.08. The Bertz CT molecular complexity index is 875. The van der Waals surface area contributed by atoms with E-state index in [0.29, 0.717) is 18.9 Å². The number of nitrogens with zero attached hydrogens (tertiary/aromatic N) is 2. The molecule has 6 nitrogen and oxygen atoms in total. The zero-order valence-corrected chi connectivity index (χ0v) is 14.9. The summed E-state index contributed by atoms with van der Waals surface area (Å²) in [5.74, 6) is -0.0792. The van der Waals surface area contributed by atoms with Gasteiger partial charge in [-0.15, -0.1) is 0 Å². The monoisotopic (exact) mass is 359 g/mol. The number of hydrogen-bond acceptors (Lipinski definition) is 4. The molecule has 1 aliphatic rings. The molecule has 1 amide bonds. The molecule has 0 radical (unpaired) electrons. The number of carbonyl (C=O) groups is 1. The van der Waals surface area contributed by atoms with Crippen molar-refractivity contribution in [1.82, 2.24) is 9.29 Å². The quantitative estimate of drug-likeness (QED) is 0.910. The van der Waals surface area contributed by atoms with Crippen LogP contribution in [0.3, 0.4) is 0 Å². The predicted molar refractivity (Wildman–Crippen MR) is 96.0 cm³/mol. The van der Waals surface area contributed by atoms with Crippen LogP contribution in [0.5, 0.6) is 0 Å². The van der Waals surface area contributed by atoms with Gasteiger partial charge in [-0.2, -0.15) is 4.31 Å². The van der Waals surface area contributed by atoms with E-state index in [0.717, 1.165) is 25.0 Å². The number of sulfonamides is 1. The Morgan fingerprint density at radius 1 is 1.04 bits per heavy atom. The molecule has 2 aromatic rings. The van der Waals surface area contributed by atoms with Gasteiger partial charge in [0, 0.05) is 18.8 Å². The maximum Gasteiger partial charge on any atom is 0.258 e. The minimum Gasteiger partial charge on any atom is -0.307 e. The summed E-state index contributed by atoms with van der Waals surface area (Å²) in [6.45, 7) is 2.82. The fraction of sp³-hybridized carbons (Fsp3) is 0.333. The zero-order valence-electron chi connectivity index (χ0n) is 14.1. The van der Waals surface area contributed by atoms with Gasteiger partial charge in [-0.25, -0.2) is 13.4 Å². The van der Waals surface area contributed by atoms with Gasteiger partial charge in [0.15, 0.2) is 0 Å². The SMILES string of the molecule is Cc1cccc(NC(=O)c2ccccc2S(=O)(=O)N2CCCCC2)n1. The van der Waals surface area contributed by atoms with Crippen LogP contribution in [-0.2, 0) is 10.0 Å². The molecule has 132 valence electrons. The van der Waals surface area contributed by atoms with Gasteiger partial charge < -0.3 is 5.32 Å². The Morgan fingerprint density at radius 3 is 2.48 bits per heavy atom. The maximum atomic E-state index is 12.9. The highest BCUT2D eigenvalue weighted by atomic mass is 32.2. The number of benzene rings is 1. The summed E-state index contributed by atoms with van der Waals surface area (Å²) in [6, 6.07) is 11.6. The molecule has 3 rings (SSSR count). The molecule has 0 saturated carbocycles. The van der Waals surface area contributed by atoms with Gasteiger partial charge >= 0.3 is 0 Å². The number of aromatic nitrogens is 1. The van der Waals surface area contributed by atoms with Crippen molar-refractivity contribution in [1.29, 1.82) is 0 Å². The van der Waals surface area contributed by atoms with Crippen molar-refractivity contribution in [2.45, 2.75) is 31.1 Å². The minimum atomic E-state index is -3.69. The molecule has 0 unspecified atom stereocenters. The van der Waals surface area contributed by atoms with Gasteiger partial charge in [-0.1, -0.05) is 24.6 Å². The number of amides is 1. The van der Waals surface area contributed by atoms with Crippen molar-refractivity contribution in [3.63, 3.8) is 0 Å². The highest BCUT2D eigenvalue weighted by Crippen LogP contribution is 2.24. The first-order valence-corrected chi connectivity index (χ1v) is 9.77. The van der Waals surface area contributed by atoms with Crippen molar-refractivity contribution >= 4 is 21.7 Å². The Hall–Kier alpha value is -2.25. The molecular formula is C18H21N3O3S. The van der Waals surface area contributed by atoms with E-state index in [1.807, 2.05) is 13.0 Å². The van der Waals surface area contributed by atoms with Crippen molar-refractivity contribution in [3.8, 4) is 0 Å². The van der Waals surface area contributed by atoms with E-state index in [4.69, 9.17) is 0 Å². The highest BCUT2D eigenvalue weighted by Gasteiger charge is 2.29. The number of aryl methyl sites for hydroxylation is 1. The van der Waals surface area contributed by atoms with Crippen LogP contribution in [0.25, 0.3) is 0 Å². The standard InChI is InChI=1S/C18H21N3O3S/c1-14-8-7-11-17(19-14)20-18(22)15-9-3-4-10-16(15)25(23,24)21-12-5-2-6-13-21/h3-4,7-11H,2,5-6,12-13H2,1H3,(H,19,20,22). The van der Waals surface area contributed by atoms with Crippen molar-refractivity contribution in [2.75, 3.05) is 18.4 Å². The first-order valence-electron chi connectivity index (χ1n) is 8.33. The van der Waals surface area contributed by atoms with Crippen molar-refractivity contribution in [3.05, 3.63) is 53.7 Å². The molecular weight excluding hydrogens is 338 g/mol. The molecule has 0 atom stereocenters. The van der Waals surface area contributed by atoms with E-state index in [2.05, 4.69) is 10.3 Å². The summed E-state index contributed by atoms with van der Waals surface area (Å²) in [5.41, 5.74) is 0.906. The van der Waals surface area contributed by atoms with Gasteiger partial charge in [0.2, 0.25) is 10.0 Å². The Balaban J connectivity index is 1.91. The molecule has 2 heterocycles. The lowest BCUT2D eigenvalue weighted by atomic mass is 10.2. The molecule has 0 aliphatic carbocycles.